The summed E-state index contributed by atoms with van der Waals surface area (Å²) in [6.45, 7) is 9.66. The molecule has 0 heterocycles. The molecule has 0 spiro atoms. The molecule has 1 unspecified atom stereocenters. The van der Waals surface area contributed by atoms with E-state index < -0.39 is 6.10 Å². The van der Waals surface area contributed by atoms with Crippen molar-refractivity contribution >= 4 is 0 Å². The maximum atomic E-state index is 9.31. The molecule has 0 aromatic rings. The Morgan fingerprint density at radius 3 is 1.00 bits per heavy atom. The fraction of sp³-hybridized carbons (Fsp3) is 1.00. The van der Waals surface area contributed by atoms with E-state index in [9.17, 15) is 5.11 Å². The number of aliphatic hydroxyl groups is 2. The van der Waals surface area contributed by atoms with Crippen molar-refractivity contribution in [1.82, 2.24) is 0 Å². The first kappa shape index (κ1) is 29.6. The number of hydrogen-bond acceptors (Lipinski definition) is 10. The van der Waals surface area contributed by atoms with E-state index in [1.165, 1.54) is 0 Å². The number of ether oxygens (including phenoxy) is 8. The van der Waals surface area contributed by atoms with Crippen molar-refractivity contribution in [2.45, 2.75) is 19.4 Å². The van der Waals surface area contributed by atoms with Crippen molar-refractivity contribution in [2.75, 3.05) is 112 Å². The van der Waals surface area contributed by atoms with Gasteiger partial charge in [-0.15, -0.1) is 0 Å². The second-order valence-electron chi connectivity index (χ2n) is 6.15. The average molecular weight is 443 g/mol. The zero-order valence-electron chi connectivity index (χ0n) is 18.5. The van der Waals surface area contributed by atoms with Gasteiger partial charge in [-0.05, 0) is 6.42 Å². The van der Waals surface area contributed by atoms with Gasteiger partial charge in [0.25, 0.3) is 0 Å². The summed E-state index contributed by atoms with van der Waals surface area (Å²) in [5, 5.41) is 17.8. The number of aliphatic hydroxyl groups excluding tert-OH is 2. The van der Waals surface area contributed by atoms with Crippen LogP contribution in [-0.4, -0.2) is 129 Å². The summed E-state index contributed by atoms with van der Waals surface area (Å²) in [6, 6.07) is 0. The Bertz CT molecular complexity index is 309. The van der Waals surface area contributed by atoms with Crippen LogP contribution in [0.1, 0.15) is 13.3 Å². The molecule has 0 aliphatic carbocycles. The molecule has 0 fully saturated rings. The summed E-state index contributed by atoms with van der Waals surface area (Å²) in [7, 11) is 0. The Kier molecular flexibility index (Phi) is 26.3. The third-order valence-electron chi connectivity index (χ3n) is 3.62. The summed E-state index contributed by atoms with van der Waals surface area (Å²) >= 11 is 0. The van der Waals surface area contributed by atoms with Gasteiger partial charge in [0.2, 0.25) is 0 Å². The molecule has 10 heteroatoms. The average Bonchev–Trinajstić information content (AvgIpc) is 2.76. The minimum absolute atomic E-state index is 0.0290. The maximum absolute atomic E-state index is 9.31. The smallest absolute Gasteiger partial charge is 0.0771 e. The highest BCUT2D eigenvalue weighted by atomic mass is 16.6. The topological polar surface area (TPSA) is 114 Å². The first-order valence-corrected chi connectivity index (χ1v) is 10.7. The van der Waals surface area contributed by atoms with Crippen molar-refractivity contribution in [3.05, 3.63) is 0 Å². The fourth-order valence-corrected chi connectivity index (χ4v) is 1.94. The van der Waals surface area contributed by atoms with Crippen LogP contribution in [0, 0.1) is 0 Å². The molecule has 10 nitrogen and oxygen atoms in total. The summed E-state index contributed by atoms with van der Waals surface area (Å²) in [6.07, 6.45) is 0.296. The van der Waals surface area contributed by atoms with Crippen LogP contribution in [0.25, 0.3) is 0 Å². The zero-order valence-corrected chi connectivity index (χ0v) is 18.5. The second-order valence-corrected chi connectivity index (χ2v) is 6.15. The van der Waals surface area contributed by atoms with Crippen molar-refractivity contribution < 1.29 is 48.1 Å². The fourth-order valence-electron chi connectivity index (χ4n) is 1.94. The van der Waals surface area contributed by atoms with E-state index in [1.807, 2.05) is 6.92 Å². The molecular weight excluding hydrogens is 400 g/mol. The van der Waals surface area contributed by atoms with Gasteiger partial charge in [0.1, 0.15) is 0 Å². The monoisotopic (exact) mass is 442 g/mol. The van der Waals surface area contributed by atoms with Crippen molar-refractivity contribution in [1.29, 1.82) is 0 Å². The van der Waals surface area contributed by atoms with Crippen LogP contribution in [0.2, 0.25) is 0 Å². The largest absolute Gasteiger partial charge is 0.394 e. The molecule has 0 saturated heterocycles. The van der Waals surface area contributed by atoms with Crippen molar-refractivity contribution in [3.63, 3.8) is 0 Å². The van der Waals surface area contributed by atoms with Crippen LogP contribution in [0.4, 0.5) is 0 Å². The zero-order chi connectivity index (χ0) is 22.0. The Balaban J connectivity index is 3.00. The van der Waals surface area contributed by atoms with Gasteiger partial charge >= 0.3 is 0 Å². The molecule has 0 radical (unpaired) electrons. The summed E-state index contributed by atoms with van der Waals surface area (Å²) in [5.74, 6) is 0. The molecule has 0 rings (SSSR count). The quantitative estimate of drug-likeness (QED) is 0.176. The van der Waals surface area contributed by atoms with Gasteiger partial charge in [-0.25, -0.2) is 0 Å². The first-order chi connectivity index (χ1) is 14.8. The molecular formula is C20H42O10. The van der Waals surface area contributed by atoms with Crippen LogP contribution in [0.15, 0.2) is 0 Å². The molecule has 182 valence electrons. The Hall–Kier alpha value is -0.400. The van der Waals surface area contributed by atoms with Crippen LogP contribution in [0.5, 0.6) is 0 Å². The molecule has 0 aliphatic heterocycles. The minimum atomic E-state index is -0.396. The SMILES string of the molecule is CCC(O)COCCOCCOCCOCCOCCOCCOCCOCCO. The highest BCUT2D eigenvalue weighted by molar-refractivity contribution is 4.48. The van der Waals surface area contributed by atoms with Crippen LogP contribution < -0.4 is 0 Å². The molecule has 30 heavy (non-hydrogen) atoms. The lowest BCUT2D eigenvalue weighted by Gasteiger charge is -2.09. The van der Waals surface area contributed by atoms with Crippen LogP contribution in [-0.2, 0) is 37.9 Å². The predicted octanol–water partition coefficient (Wildman–Crippen LogP) is -0.118. The third kappa shape index (κ3) is 25.6. The summed E-state index contributed by atoms with van der Waals surface area (Å²) in [5.41, 5.74) is 0. The van der Waals surface area contributed by atoms with Crippen LogP contribution >= 0.6 is 0 Å². The third-order valence-corrected chi connectivity index (χ3v) is 3.62. The van der Waals surface area contributed by atoms with Gasteiger partial charge < -0.3 is 48.1 Å². The van der Waals surface area contributed by atoms with Gasteiger partial charge in [-0.1, -0.05) is 6.92 Å². The predicted molar refractivity (Wildman–Crippen MR) is 110 cm³/mol. The van der Waals surface area contributed by atoms with E-state index in [0.717, 1.165) is 0 Å². The molecule has 0 amide bonds. The van der Waals surface area contributed by atoms with Gasteiger partial charge in [0.05, 0.1) is 118 Å². The normalized spacial score (nSPS) is 12.5. The van der Waals surface area contributed by atoms with Crippen LogP contribution in [0.3, 0.4) is 0 Å². The Morgan fingerprint density at radius 2 is 0.733 bits per heavy atom. The van der Waals surface area contributed by atoms with E-state index in [-0.39, 0.29) is 6.61 Å². The number of hydrogen-bond donors (Lipinski definition) is 2. The standard InChI is InChI=1S/C20H42O10/c1-2-20(22)19-30-18-17-29-16-15-28-14-13-27-12-11-26-10-9-25-8-7-24-6-5-23-4-3-21/h20-22H,2-19H2,1H3. The van der Waals surface area contributed by atoms with E-state index in [0.29, 0.717) is 112 Å². The molecule has 1 atom stereocenters. The van der Waals surface area contributed by atoms with Gasteiger partial charge in [-0.3, -0.25) is 0 Å². The lowest BCUT2D eigenvalue weighted by molar-refractivity contribution is -0.0274. The lowest BCUT2D eigenvalue weighted by atomic mass is 10.3. The highest BCUT2D eigenvalue weighted by Crippen LogP contribution is 1.91. The summed E-state index contributed by atoms with van der Waals surface area (Å²) in [4.78, 5) is 0. The molecule has 0 aliphatic rings. The van der Waals surface area contributed by atoms with E-state index in [2.05, 4.69) is 0 Å². The molecule has 2 N–H and O–H groups in total. The maximum Gasteiger partial charge on any atom is 0.0771 e. The van der Waals surface area contributed by atoms with Gasteiger partial charge in [0, 0.05) is 0 Å². The van der Waals surface area contributed by atoms with E-state index in [4.69, 9.17) is 43.0 Å². The minimum Gasteiger partial charge on any atom is -0.394 e. The molecule has 0 aromatic heterocycles. The van der Waals surface area contributed by atoms with E-state index in [1.54, 1.807) is 0 Å². The molecule has 0 bridgehead atoms. The van der Waals surface area contributed by atoms with Crippen molar-refractivity contribution in [3.8, 4) is 0 Å². The lowest BCUT2D eigenvalue weighted by Crippen LogP contribution is -2.17. The number of rotatable bonds is 26. The summed E-state index contributed by atoms with van der Waals surface area (Å²) < 4.78 is 42.5. The highest BCUT2D eigenvalue weighted by Gasteiger charge is 1.99. The molecule has 0 saturated carbocycles. The van der Waals surface area contributed by atoms with E-state index >= 15 is 0 Å². The van der Waals surface area contributed by atoms with Gasteiger partial charge in [-0.2, -0.15) is 0 Å². The van der Waals surface area contributed by atoms with Gasteiger partial charge in [0.15, 0.2) is 0 Å². The van der Waals surface area contributed by atoms with Crippen molar-refractivity contribution in [2.24, 2.45) is 0 Å². The Labute approximate surface area is 180 Å². The Morgan fingerprint density at radius 1 is 0.467 bits per heavy atom. The first-order valence-electron chi connectivity index (χ1n) is 10.7. The second kappa shape index (κ2) is 26.6. The molecule has 0 aromatic carbocycles.